The van der Waals surface area contributed by atoms with Gasteiger partial charge in [-0.15, -0.1) is 0 Å². The van der Waals surface area contributed by atoms with E-state index in [1.807, 2.05) is 43.4 Å². The summed E-state index contributed by atoms with van der Waals surface area (Å²) in [7, 11) is 3.85. The van der Waals surface area contributed by atoms with E-state index < -0.39 is 0 Å². The van der Waals surface area contributed by atoms with E-state index in [9.17, 15) is 0 Å². The van der Waals surface area contributed by atoms with Crippen molar-refractivity contribution < 1.29 is 0 Å². The maximum atomic E-state index is 8.80. The number of rotatable bonds is 2. The molecule has 72 valence electrons. The number of pyridine rings is 1. The lowest BCUT2D eigenvalue weighted by Gasteiger charge is -2.03. The van der Waals surface area contributed by atoms with E-state index in [-0.39, 0.29) is 0 Å². The molecule has 0 bridgehead atoms. The van der Waals surface area contributed by atoms with Gasteiger partial charge < -0.3 is 4.90 Å². The summed E-state index contributed by atoms with van der Waals surface area (Å²) < 4.78 is 0.870. The number of nitriles is 1. The van der Waals surface area contributed by atoms with Gasteiger partial charge >= 0.3 is 0 Å². The lowest BCUT2D eigenvalue weighted by molar-refractivity contribution is 0.567. The molecule has 1 heterocycles. The highest BCUT2D eigenvalue weighted by molar-refractivity contribution is 9.10. The van der Waals surface area contributed by atoms with Gasteiger partial charge in [0.15, 0.2) is 0 Å². The summed E-state index contributed by atoms with van der Waals surface area (Å²) in [5.41, 5.74) is 1.25. The molecule has 0 amide bonds. The van der Waals surface area contributed by atoms with Crippen LogP contribution in [0.3, 0.4) is 0 Å². The minimum absolute atomic E-state index is 0.436. The fourth-order valence-electron chi connectivity index (χ4n) is 0.905. The Labute approximate surface area is 91.8 Å². The fraction of sp³-hybridized carbons (Fsp3) is 0.200. The van der Waals surface area contributed by atoms with Crippen molar-refractivity contribution in [2.75, 3.05) is 14.1 Å². The Balaban J connectivity index is 3.06. The Morgan fingerprint density at radius 2 is 2.29 bits per heavy atom. The van der Waals surface area contributed by atoms with Crippen LogP contribution >= 0.6 is 15.9 Å². The Hall–Kier alpha value is -1.34. The van der Waals surface area contributed by atoms with E-state index in [1.54, 1.807) is 6.20 Å². The van der Waals surface area contributed by atoms with Crippen molar-refractivity contribution in [3.8, 4) is 6.07 Å². The molecule has 0 aliphatic rings. The molecule has 1 aromatic rings. The lowest BCUT2D eigenvalue weighted by Crippen LogP contribution is -2.00. The molecule has 14 heavy (non-hydrogen) atoms. The monoisotopic (exact) mass is 251 g/mol. The van der Waals surface area contributed by atoms with Gasteiger partial charge in [-0.2, -0.15) is 5.26 Å². The summed E-state index contributed by atoms with van der Waals surface area (Å²) in [6.07, 6.45) is 5.35. The first-order chi connectivity index (χ1) is 6.63. The number of halogens is 1. The zero-order valence-corrected chi connectivity index (χ0v) is 9.62. The van der Waals surface area contributed by atoms with Gasteiger partial charge in [0.1, 0.15) is 11.8 Å². The van der Waals surface area contributed by atoms with Crippen LogP contribution in [0.4, 0.5) is 0 Å². The molecule has 1 rings (SSSR count). The molecule has 0 radical (unpaired) electrons. The average Bonchev–Trinajstić information content (AvgIpc) is 2.15. The zero-order valence-electron chi connectivity index (χ0n) is 8.03. The molecule has 0 fully saturated rings. The fourth-order valence-corrected chi connectivity index (χ4v) is 1.25. The molecule has 1 aromatic heterocycles. The summed E-state index contributed by atoms with van der Waals surface area (Å²) >= 11 is 3.31. The molecule has 0 saturated heterocycles. The van der Waals surface area contributed by atoms with Crippen molar-refractivity contribution in [3.05, 3.63) is 34.2 Å². The van der Waals surface area contributed by atoms with E-state index in [2.05, 4.69) is 20.9 Å². The van der Waals surface area contributed by atoms with Gasteiger partial charge in [0.2, 0.25) is 0 Å². The van der Waals surface area contributed by atoms with Gasteiger partial charge in [0.25, 0.3) is 0 Å². The molecular weight excluding hydrogens is 242 g/mol. The second kappa shape index (κ2) is 4.77. The first-order valence-electron chi connectivity index (χ1n) is 4.04. The molecule has 0 unspecified atom stereocenters. The normalized spacial score (nSPS) is 10.1. The van der Waals surface area contributed by atoms with Crippen molar-refractivity contribution in [2.45, 2.75) is 0 Å². The number of aromatic nitrogens is 1. The summed E-state index contributed by atoms with van der Waals surface area (Å²) in [4.78, 5) is 5.90. The van der Waals surface area contributed by atoms with E-state index in [0.29, 0.717) is 5.69 Å². The molecule has 3 nitrogen and oxygen atoms in total. The largest absolute Gasteiger partial charge is 0.383 e. The summed E-state index contributed by atoms with van der Waals surface area (Å²) in [5, 5.41) is 8.80. The Morgan fingerprint density at radius 1 is 1.57 bits per heavy atom. The van der Waals surface area contributed by atoms with E-state index >= 15 is 0 Å². The third-order valence-electron chi connectivity index (χ3n) is 1.54. The molecule has 0 atom stereocenters. The van der Waals surface area contributed by atoms with Gasteiger partial charge in [0, 0.05) is 30.3 Å². The van der Waals surface area contributed by atoms with Gasteiger partial charge in [-0.25, -0.2) is 4.98 Å². The SMILES string of the molecule is CN(C)C=Cc1cc(Br)cnc1C#N. The van der Waals surface area contributed by atoms with Gasteiger partial charge in [0.05, 0.1) is 0 Å². The Kier molecular flexibility index (Phi) is 3.66. The Bertz CT molecular complexity index is 391. The van der Waals surface area contributed by atoms with Crippen LogP contribution in [-0.2, 0) is 0 Å². The second-order valence-corrected chi connectivity index (χ2v) is 3.90. The quantitative estimate of drug-likeness (QED) is 0.810. The van der Waals surface area contributed by atoms with Crippen LogP contribution in [0.15, 0.2) is 22.9 Å². The smallest absolute Gasteiger partial charge is 0.147 e. The maximum absolute atomic E-state index is 8.80. The lowest BCUT2D eigenvalue weighted by atomic mass is 10.2. The van der Waals surface area contributed by atoms with Crippen molar-refractivity contribution >= 4 is 22.0 Å². The molecule has 4 heteroatoms. The third-order valence-corrected chi connectivity index (χ3v) is 1.98. The van der Waals surface area contributed by atoms with Crippen molar-refractivity contribution in [1.82, 2.24) is 9.88 Å². The minimum atomic E-state index is 0.436. The molecule has 0 aliphatic carbocycles. The van der Waals surface area contributed by atoms with Crippen LogP contribution < -0.4 is 0 Å². The zero-order chi connectivity index (χ0) is 10.6. The van der Waals surface area contributed by atoms with E-state index in [4.69, 9.17) is 5.26 Å². The molecule has 0 aromatic carbocycles. The van der Waals surface area contributed by atoms with E-state index in [0.717, 1.165) is 10.0 Å². The topological polar surface area (TPSA) is 39.9 Å². The Morgan fingerprint density at radius 3 is 2.86 bits per heavy atom. The van der Waals surface area contributed by atoms with Crippen molar-refractivity contribution in [1.29, 1.82) is 5.26 Å². The molecule has 0 saturated carbocycles. The molecule has 0 N–H and O–H groups in total. The van der Waals surface area contributed by atoms with Gasteiger partial charge in [-0.3, -0.25) is 0 Å². The summed E-state index contributed by atoms with van der Waals surface area (Å²) in [6.45, 7) is 0. The van der Waals surface area contributed by atoms with Crippen LogP contribution in [0.2, 0.25) is 0 Å². The van der Waals surface area contributed by atoms with E-state index in [1.165, 1.54) is 0 Å². The number of nitrogens with zero attached hydrogens (tertiary/aromatic N) is 3. The first kappa shape index (κ1) is 10.7. The highest BCUT2D eigenvalue weighted by Crippen LogP contribution is 2.14. The third kappa shape index (κ3) is 2.86. The summed E-state index contributed by atoms with van der Waals surface area (Å²) in [6, 6.07) is 3.91. The molecular formula is C10H10BrN3. The maximum Gasteiger partial charge on any atom is 0.147 e. The molecule has 0 aliphatic heterocycles. The highest BCUT2D eigenvalue weighted by atomic mass is 79.9. The number of hydrogen-bond acceptors (Lipinski definition) is 3. The predicted octanol–water partition coefficient (Wildman–Crippen LogP) is 2.25. The summed E-state index contributed by atoms with van der Waals surface area (Å²) in [5.74, 6) is 0. The van der Waals surface area contributed by atoms with Crippen LogP contribution in [-0.4, -0.2) is 24.0 Å². The standard InChI is InChI=1S/C10H10BrN3/c1-14(2)4-3-8-5-9(11)7-13-10(8)6-12/h3-5,7H,1-2H3. The van der Waals surface area contributed by atoms with Crippen LogP contribution in [0.1, 0.15) is 11.3 Å². The van der Waals surface area contributed by atoms with Crippen molar-refractivity contribution in [2.24, 2.45) is 0 Å². The van der Waals surface area contributed by atoms with Crippen LogP contribution in [0, 0.1) is 11.3 Å². The average molecular weight is 252 g/mol. The van der Waals surface area contributed by atoms with Crippen molar-refractivity contribution in [3.63, 3.8) is 0 Å². The molecule has 0 spiro atoms. The van der Waals surface area contributed by atoms with Gasteiger partial charge in [-0.05, 0) is 34.3 Å². The minimum Gasteiger partial charge on any atom is -0.383 e. The first-order valence-corrected chi connectivity index (χ1v) is 4.83. The van der Waals surface area contributed by atoms with Gasteiger partial charge in [-0.1, -0.05) is 0 Å². The van der Waals surface area contributed by atoms with Crippen LogP contribution in [0.5, 0.6) is 0 Å². The van der Waals surface area contributed by atoms with Crippen LogP contribution in [0.25, 0.3) is 6.08 Å². The highest BCUT2D eigenvalue weighted by Gasteiger charge is 2.00. The second-order valence-electron chi connectivity index (χ2n) is 2.98. The number of hydrogen-bond donors (Lipinski definition) is 0. The predicted molar refractivity (Wildman–Crippen MR) is 59.4 cm³/mol.